The Morgan fingerprint density at radius 2 is 1.48 bits per heavy atom. The maximum absolute atomic E-state index is 13.1. The Labute approximate surface area is 254 Å². The van der Waals surface area contributed by atoms with E-state index in [2.05, 4.69) is 0 Å². The van der Waals surface area contributed by atoms with Crippen LogP contribution in [0.1, 0.15) is 67.7 Å². The monoisotopic (exact) mass is 624 g/mol. The second-order valence-corrected chi connectivity index (χ2v) is 12.3. The summed E-state index contributed by atoms with van der Waals surface area (Å²) in [6.07, 6.45) is -4.76. The predicted octanol–water partition coefficient (Wildman–Crippen LogP) is 1.08. The molecule has 4 rings (SSSR count). The molecule has 0 radical (unpaired) electrons. The lowest BCUT2D eigenvalue weighted by Crippen LogP contribution is -2.69. The van der Waals surface area contributed by atoms with Crippen molar-refractivity contribution in [3.63, 3.8) is 0 Å². The van der Waals surface area contributed by atoms with E-state index in [1.54, 1.807) is 6.92 Å². The van der Waals surface area contributed by atoms with Crippen LogP contribution in [-0.2, 0) is 61.9 Å². The molecule has 1 N–H and O–H groups in total. The van der Waals surface area contributed by atoms with E-state index in [-0.39, 0.29) is 25.0 Å². The molecule has 2 aliphatic heterocycles. The van der Waals surface area contributed by atoms with Crippen LogP contribution in [0.5, 0.6) is 0 Å². The number of hydrogen-bond acceptors (Lipinski definition) is 14. The number of rotatable bonds is 6. The van der Waals surface area contributed by atoms with E-state index in [0.717, 1.165) is 13.8 Å². The summed E-state index contributed by atoms with van der Waals surface area (Å²) in [5.74, 6) is -6.65. The second-order valence-electron chi connectivity index (χ2n) is 12.3. The highest BCUT2D eigenvalue weighted by Crippen LogP contribution is 2.62. The maximum atomic E-state index is 13.1. The van der Waals surface area contributed by atoms with E-state index in [0.29, 0.717) is 6.42 Å². The lowest BCUT2D eigenvalue weighted by molar-refractivity contribution is -0.244. The van der Waals surface area contributed by atoms with Crippen LogP contribution in [0.4, 0.5) is 0 Å². The van der Waals surface area contributed by atoms with Crippen LogP contribution in [0.2, 0.25) is 0 Å². The minimum atomic E-state index is -2.26. The normalized spacial score (nSPS) is 40.6. The summed E-state index contributed by atoms with van der Waals surface area (Å²) in [7, 11) is 0. The fourth-order valence-electron chi connectivity index (χ4n) is 7.29. The van der Waals surface area contributed by atoms with Gasteiger partial charge in [-0.15, -0.1) is 0 Å². The largest absolute Gasteiger partial charge is 0.462 e. The first-order valence-electron chi connectivity index (χ1n) is 14.5. The Balaban J connectivity index is 2.08. The number of fused-ring (bicyclic) bond motifs is 3. The van der Waals surface area contributed by atoms with Crippen LogP contribution in [0.15, 0.2) is 11.6 Å². The molecule has 2 saturated heterocycles. The number of esters is 6. The summed E-state index contributed by atoms with van der Waals surface area (Å²) in [6.45, 7) is 8.69. The molecule has 10 atom stereocenters. The maximum Gasteiger partial charge on any atom is 0.312 e. The van der Waals surface area contributed by atoms with Gasteiger partial charge in [-0.1, -0.05) is 6.92 Å². The van der Waals surface area contributed by atoms with Gasteiger partial charge in [0.1, 0.15) is 31.0 Å². The van der Waals surface area contributed by atoms with Crippen LogP contribution in [-0.4, -0.2) is 95.9 Å². The van der Waals surface area contributed by atoms with Crippen LogP contribution >= 0.6 is 0 Å². The molecular weight excluding hydrogens is 584 g/mol. The zero-order valence-corrected chi connectivity index (χ0v) is 25.9. The minimum Gasteiger partial charge on any atom is -0.462 e. The minimum absolute atomic E-state index is 0.110. The summed E-state index contributed by atoms with van der Waals surface area (Å²) in [4.78, 5) is 75.2. The number of ether oxygens (including phenoxy) is 7. The van der Waals surface area contributed by atoms with Gasteiger partial charge in [-0.25, -0.2) is 0 Å². The topological polar surface area (TPSA) is 191 Å². The van der Waals surface area contributed by atoms with E-state index in [9.17, 15) is 33.9 Å². The van der Waals surface area contributed by atoms with Gasteiger partial charge in [0, 0.05) is 52.5 Å². The average Bonchev–Trinajstić information content (AvgIpc) is 3.63. The Bertz CT molecular complexity index is 1250. The molecule has 0 aromatic heterocycles. The Morgan fingerprint density at radius 1 is 0.909 bits per heavy atom. The third-order valence-corrected chi connectivity index (χ3v) is 9.34. The zero-order valence-electron chi connectivity index (χ0n) is 25.9. The molecule has 2 aliphatic carbocycles. The Hall–Kier alpha value is -3.52. The Kier molecular flexibility index (Phi) is 9.19. The van der Waals surface area contributed by atoms with Crippen LogP contribution < -0.4 is 0 Å². The second kappa shape index (κ2) is 12.1. The number of aliphatic hydroxyl groups is 1. The van der Waals surface area contributed by atoms with Gasteiger partial charge in [0.25, 0.3) is 0 Å². The standard InChI is InChI=1S/C30H40O14/c1-14-27(36)44-24-10-20(12-38-15(2)31)21(40-16(3)32)11-23(42-18(5)34)28(7)22(41-17(4)33)8-9-29(13-39-29)25(28)26(30(14,24)37)43-19(6)35/h10,14,21-26,37H,8-9,11-13H2,1-7H3/b20-10-/t14-,21+,22-,23-,24-,25+,26-,28+,29+,30-/m0/s1. The molecule has 0 amide bonds. The molecule has 2 heterocycles. The number of carbonyl (C=O) groups is 6. The third kappa shape index (κ3) is 6.06. The van der Waals surface area contributed by atoms with E-state index >= 15 is 0 Å². The summed E-state index contributed by atoms with van der Waals surface area (Å²) in [5.41, 5.74) is -4.65. The van der Waals surface area contributed by atoms with Crippen molar-refractivity contribution in [2.24, 2.45) is 17.3 Å². The van der Waals surface area contributed by atoms with Crippen molar-refractivity contribution in [1.82, 2.24) is 0 Å². The molecule has 14 nitrogen and oxygen atoms in total. The number of epoxide rings is 1. The van der Waals surface area contributed by atoms with Gasteiger partial charge >= 0.3 is 35.8 Å². The molecule has 0 unspecified atom stereocenters. The van der Waals surface area contributed by atoms with Gasteiger partial charge < -0.3 is 38.3 Å². The van der Waals surface area contributed by atoms with Gasteiger partial charge in [-0.05, 0) is 25.8 Å². The molecule has 14 heteroatoms. The van der Waals surface area contributed by atoms with Crippen molar-refractivity contribution >= 4 is 35.8 Å². The van der Waals surface area contributed by atoms with Gasteiger partial charge in [-0.2, -0.15) is 0 Å². The smallest absolute Gasteiger partial charge is 0.312 e. The van der Waals surface area contributed by atoms with Gasteiger partial charge in [0.15, 0.2) is 11.7 Å². The lowest BCUT2D eigenvalue weighted by atomic mass is 9.52. The Morgan fingerprint density at radius 3 is 2.00 bits per heavy atom. The summed E-state index contributed by atoms with van der Waals surface area (Å²) < 4.78 is 40.3. The quantitative estimate of drug-likeness (QED) is 0.191. The highest BCUT2D eigenvalue weighted by atomic mass is 16.6. The molecule has 0 aromatic rings. The van der Waals surface area contributed by atoms with E-state index < -0.39 is 101 Å². The molecule has 1 spiro atoms. The fraction of sp³-hybridized carbons (Fsp3) is 0.733. The zero-order chi connectivity index (χ0) is 32.8. The molecule has 3 fully saturated rings. The number of carbonyl (C=O) groups excluding carboxylic acids is 6. The van der Waals surface area contributed by atoms with Crippen LogP contribution in [0.3, 0.4) is 0 Å². The van der Waals surface area contributed by atoms with Crippen molar-refractivity contribution < 1.29 is 67.0 Å². The van der Waals surface area contributed by atoms with Crippen molar-refractivity contribution in [2.75, 3.05) is 13.2 Å². The van der Waals surface area contributed by atoms with Gasteiger partial charge in [-0.3, -0.25) is 28.8 Å². The average molecular weight is 625 g/mol. The molecule has 0 bridgehead atoms. The van der Waals surface area contributed by atoms with Crippen molar-refractivity contribution in [3.05, 3.63) is 11.6 Å². The third-order valence-electron chi connectivity index (χ3n) is 9.34. The predicted molar refractivity (Wildman–Crippen MR) is 145 cm³/mol. The molecule has 244 valence electrons. The molecule has 44 heavy (non-hydrogen) atoms. The number of hydrogen-bond donors (Lipinski definition) is 1. The summed E-state index contributed by atoms with van der Waals surface area (Å²) in [5, 5.41) is 12.6. The van der Waals surface area contributed by atoms with E-state index in [4.69, 9.17) is 33.2 Å². The van der Waals surface area contributed by atoms with Crippen molar-refractivity contribution in [1.29, 1.82) is 0 Å². The van der Waals surface area contributed by atoms with Gasteiger partial charge in [0.05, 0.1) is 23.5 Å². The van der Waals surface area contributed by atoms with E-state index in [1.165, 1.54) is 33.8 Å². The molecular formula is C30H40O14. The SMILES string of the molecule is CC(=O)OC/C1=C/[C@@H]2OC(=O)[C@H](C)[C@@]2(O)[C@@H](OC(C)=O)[C@H]2[C@@]3(CC[C@H](OC(C)=O)[C@]2(C)[C@@H](OC(C)=O)C[C@H]1OC(C)=O)CO3. The highest BCUT2D eigenvalue weighted by molar-refractivity contribution is 5.78. The lowest BCUT2D eigenvalue weighted by Gasteiger charge is -2.57. The molecule has 4 aliphatic rings. The first kappa shape index (κ1) is 33.4. The fourth-order valence-corrected chi connectivity index (χ4v) is 7.29. The van der Waals surface area contributed by atoms with Crippen molar-refractivity contribution in [3.8, 4) is 0 Å². The van der Waals surface area contributed by atoms with Crippen molar-refractivity contribution in [2.45, 2.75) is 109 Å². The summed E-state index contributed by atoms with van der Waals surface area (Å²) in [6, 6.07) is 0. The van der Waals surface area contributed by atoms with Crippen LogP contribution in [0, 0.1) is 17.3 Å². The van der Waals surface area contributed by atoms with E-state index in [1.807, 2.05) is 0 Å². The van der Waals surface area contributed by atoms with Gasteiger partial charge in [0.2, 0.25) is 0 Å². The molecule has 0 aromatic carbocycles. The highest BCUT2D eigenvalue weighted by Gasteiger charge is 2.75. The van der Waals surface area contributed by atoms with Crippen LogP contribution in [0.25, 0.3) is 0 Å². The summed E-state index contributed by atoms with van der Waals surface area (Å²) >= 11 is 0. The molecule has 1 saturated carbocycles. The first-order chi connectivity index (χ1) is 20.4. The first-order valence-corrected chi connectivity index (χ1v) is 14.5.